The lowest BCUT2D eigenvalue weighted by molar-refractivity contribution is -0.137. The molecule has 0 spiro atoms. The Morgan fingerprint density at radius 1 is 1.24 bits per heavy atom. The minimum absolute atomic E-state index is 0.0247. The molecular weight excluding hydrogens is 347 g/mol. The Kier molecular flexibility index (Phi) is 4.66. The average molecular weight is 364 g/mol. The summed E-state index contributed by atoms with van der Waals surface area (Å²) >= 11 is 3.15. The van der Waals surface area contributed by atoms with Crippen molar-refractivity contribution < 1.29 is 18.0 Å². The minimum atomic E-state index is -4.45. The normalized spacial score (nSPS) is 18.3. The Labute approximate surface area is 130 Å². The van der Waals surface area contributed by atoms with Crippen LogP contribution in [0.15, 0.2) is 22.7 Å². The molecule has 6 heteroatoms. The molecule has 1 aliphatic carbocycles. The van der Waals surface area contributed by atoms with Gasteiger partial charge >= 0.3 is 6.18 Å². The topological polar surface area (TPSA) is 29.1 Å². The van der Waals surface area contributed by atoms with Crippen LogP contribution in [0.3, 0.4) is 0 Å². The Bertz CT molecular complexity index is 536. The zero-order valence-electron chi connectivity index (χ0n) is 11.7. The van der Waals surface area contributed by atoms with E-state index in [1.165, 1.54) is 6.07 Å². The highest BCUT2D eigenvalue weighted by Crippen LogP contribution is 2.33. The van der Waals surface area contributed by atoms with E-state index in [0.29, 0.717) is 4.47 Å². The fourth-order valence-corrected chi connectivity index (χ4v) is 3.10. The molecule has 116 valence electrons. The van der Waals surface area contributed by atoms with E-state index in [0.717, 1.165) is 44.2 Å². The third-order valence-electron chi connectivity index (χ3n) is 3.91. The van der Waals surface area contributed by atoms with E-state index in [1.54, 1.807) is 0 Å². The van der Waals surface area contributed by atoms with Crippen molar-refractivity contribution in [3.63, 3.8) is 0 Å². The molecule has 0 atom stereocenters. The van der Waals surface area contributed by atoms with Crippen molar-refractivity contribution >= 4 is 21.8 Å². The van der Waals surface area contributed by atoms with Gasteiger partial charge in [-0.1, -0.05) is 19.3 Å². The lowest BCUT2D eigenvalue weighted by Gasteiger charge is -2.34. The molecule has 2 rings (SSSR count). The molecule has 2 nitrogen and oxygen atoms in total. The van der Waals surface area contributed by atoms with Crippen molar-refractivity contribution in [2.24, 2.45) is 0 Å². The number of halogens is 4. The molecule has 1 N–H and O–H groups in total. The Morgan fingerprint density at radius 3 is 2.43 bits per heavy atom. The van der Waals surface area contributed by atoms with Gasteiger partial charge in [0.1, 0.15) is 0 Å². The highest BCUT2D eigenvalue weighted by molar-refractivity contribution is 9.10. The molecule has 0 heterocycles. The quantitative estimate of drug-likeness (QED) is 0.793. The van der Waals surface area contributed by atoms with Crippen LogP contribution < -0.4 is 5.32 Å². The first-order valence-electron chi connectivity index (χ1n) is 6.91. The van der Waals surface area contributed by atoms with Crippen molar-refractivity contribution in [3.05, 3.63) is 33.8 Å². The summed E-state index contributed by atoms with van der Waals surface area (Å²) in [6.07, 6.45) is 0.453. The Hall–Kier alpha value is -1.04. The van der Waals surface area contributed by atoms with E-state index >= 15 is 0 Å². The predicted octanol–water partition coefficient (Wildman–Crippen LogP) is 4.92. The molecule has 1 aromatic carbocycles. The van der Waals surface area contributed by atoms with Crippen LogP contribution in [0.1, 0.15) is 54.9 Å². The van der Waals surface area contributed by atoms with E-state index < -0.39 is 17.6 Å². The zero-order chi connectivity index (χ0) is 15.7. The van der Waals surface area contributed by atoms with Crippen molar-refractivity contribution in [1.29, 1.82) is 0 Å². The molecule has 0 aliphatic heterocycles. The van der Waals surface area contributed by atoms with Crippen molar-refractivity contribution in [2.75, 3.05) is 0 Å². The molecule has 0 radical (unpaired) electrons. The number of hydrogen-bond donors (Lipinski definition) is 1. The number of carbonyl (C=O) groups excluding carboxylic acids is 1. The molecule has 1 aliphatic rings. The summed E-state index contributed by atoms with van der Waals surface area (Å²) in [6, 6.07) is 3.12. The van der Waals surface area contributed by atoms with Gasteiger partial charge in [-0.15, -0.1) is 0 Å². The van der Waals surface area contributed by atoms with Crippen LogP contribution >= 0.6 is 15.9 Å². The summed E-state index contributed by atoms with van der Waals surface area (Å²) in [7, 11) is 0. The van der Waals surface area contributed by atoms with Gasteiger partial charge < -0.3 is 5.32 Å². The maximum atomic E-state index is 12.7. The van der Waals surface area contributed by atoms with Crippen LogP contribution in [0.4, 0.5) is 13.2 Å². The number of benzene rings is 1. The summed E-state index contributed by atoms with van der Waals surface area (Å²) in [5.41, 5.74) is -1.12. The maximum Gasteiger partial charge on any atom is 0.416 e. The average Bonchev–Trinajstić information content (AvgIpc) is 2.38. The molecule has 1 amide bonds. The monoisotopic (exact) mass is 363 g/mol. The Morgan fingerprint density at radius 2 is 1.86 bits per heavy atom. The fourth-order valence-electron chi connectivity index (χ4n) is 2.67. The SMILES string of the molecule is CC1(NC(=O)c2cc(C(F)(F)F)ccc2Br)CCCCC1. The van der Waals surface area contributed by atoms with E-state index in [4.69, 9.17) is 0 Å². The number of alkyl halides is 3. The van der Waals surface area contributed by atoms with Crippen molar-refractivity contribution in [1.82, 2.24) is 5.32 Å². The highest BCUT2D eigenvalue weighted by Gasteiger charge is 2.33. The molecular formula is C15H17BrF3NO. The highest BCUT2D eigenvalue weighted by atomic mass is 79.9. The van der Waals surface area contributed by atoms with Crippen LogP contribution in [0.5, 0.6) is 0 Å². The third kappa shape index (κ3) is 3.99. The molecule has 0 saturated heterocycles. The summed E-state index contributed by atoms with van der Waals surface area (Å²) in [6.45, 7) is 1.95. The molecule has 0 unspecified atom stereocenters. The van der Waals surface area contributed by atoms with E-state index in [1.807, 2.05) is 6.92 Å². The van der Waals surface area contributed by atoms with Gasteiger partial charge in [0, 0.05) is 10.0 Å². The van der Waals surface area contributed by atoms with Gasteiger partial charge in [0.25, 0.3) is 5.91 Å². The van der Waals surface area contributed by atoms with Gasteiger partial charge in [-0.05, 0) is 53.9 Å². The molecule has 1 aromatic rings. The first kappa shape index (κ1) is 16.3. The maximum absolute atomic E-state index is 12.7. The lowest BCUT2D eigenvalue weighted by Crippen LogP contribution is -2.47. The fraction of sp³-hybridized carbons (Fsp3) is 0.533. The second kappa shape index (κ2) is 5.99. The summed E-state index contributed by atoms with van der Waals surface area (Å²) in [5, 5.41) is 2.89. The van der Waals surface area contributed by atoms with Gasteiger partial charge in [-0.2, -0.15) is 13.2 Å². The lowest BCUT2D eigenvalue weighted by atomic mass is 9.83. The standard InChI is InChI=1S/C15H17BrF3NO/c1-14(7-3-2-4-8-14)20-13(21)11-9-10(15(17,18)19)5-6-12(11)16/h5-6,9H,2-4,7-8H2,1H3,(H,20,21). The molecule has 0 bridgehead atoms. The number of rotatable bonds is 2. The number of amides is 1. The van der Waals surface area contributed by atoms with E-state index in [-0.39, 0.29) is 11.1 Å². The number of hydrogen-bond acceptors (Lipinski definition) is 1. The minimum Gasteiger partial charge on any atom is -0.347 e. The largest absolute Gasteiger partial charge is 0.416 e. The predicted molar refractivity (Wildman–Crippen MR) is 78.1 cm³/mol. The molecule has 21 heavy (non-hydrogen) atoms. The molecule has 1 saturated carbocycles. The van der Waals surface area contributed by atoms with Gasteiger partial charge in [0.2, 0.25) is 0 Å². The van der Waals surface area contributed by atoms with Crippen LogP contribution in [0.25, 0.3) is 0 Å². The van der Waals surface area contributed by atoms with Crippen molar-refractivity contribution in [3.8, 4) is 0 Å². The van der Waals surface area contributed by atoms with Crippen LogP contribution in [0.2, 0.25) is 0 Å². The second-order valence-corrected chi connectivity index (χ2v) is 6.62. The number of carbonyl (C=O) groups is 1. The van der Waals surface area contributed by atoms with Crippen molar-refractivity contribution in [2.45, 2.75) is 50.7 Å². The summed E-state index contributed by atoms with van der Waals surface area (Å²) in [5.74, 6) is -0.461. The second-order valence-electron chi connectivity index (χ2n) is 5.77. The van der Waals surface area contributed by atoms with Gasteiger partial charge in [0.05, 0.1) is 11.1 Å². The summed E-state index contributed by atoms with van der Waals surface area (Å²) in [4.78, 5) is 12.3. The Balaban J connectivity index is 2.22. The van der Waals surface area contributed by atoms with E-state index in [2.05, 4.69) is 21.2 Å². The number of nitrogens with one attached hydrogen (secondary N) is 1. The molecule has 0 aromatic heterocycles. The summed E-state index contributed by atoms with van der Waals surface area (Å²) < 4.78 is 38.6. The van der Waals surface area contributed by atoms with Crippen LogP contribution in [-0.2, 0) is 6.18 Å². The van der Waals surface area contributed by atoms with E-state index in [9.17, 15) is 18.0 Å². The van der Waals surface area contributed by atoms with Gasteiger partial charge in [-0.25, -0.2) is 0 Å². The smallest absolute Gasteiger partial charge is 0.347 e. The first-order valence-corrected chi connectivity index (χ1v) is 7.70. The first-order chi connectivity index (χ1) is 9.71. The van der Waals surface area contributed by atoms with Gasteiger partial charge in [0.15, 0.2) is 0 Å². The third-order valence-corrected chi connectivity index (χ3v) is 4.60. The molecule has 1 fully saturated rings. The van der Waals surface area contributed by atoms with Crippen LogP contribution in [0, 0.1) is 0 Å². The van der Waals surface area contributed by atoms with Gasteiger partial charge in [-0.3, -0.25) is 4.79 Å². The van der Waals surface area contributed by atoms with Crippen LogP contribution in [-0.4, -0.2) is 11.4 Å². The zero-order valence-corrected chi connectivity index (χ0v) is 13.3.